The Bertz CT molecular complexity index is 1040. The Balaban J connectivity index is 1.36. The SMILES string of the molecule is C[C@H](NC(=O)CCC(=O)OCC(=O)[C@]1(O)CC[C@@H]2[C@H]3CCC4=CC(=O)CC[C@]4(C)[C@@H]3CC[C@]21C)C(=O)O. The van der Waals surface area contributed by atoms with Crippen LogP contribution in [-0.4, -0.2) is 57.9 Å². The number of hydrogen-bond donors (Lipinski definition) is 3. The van der Waals surface area contributed by atoms with E-state index in [9.17, 15) is 29.1 Å². The fourth-order valence-corrected chi connectivity index (χ4v) is 7.96. The van der Waals surface area contributed by atoms with Crippen LogP contribution in [0.2, 0.25) is 0 Å². The molecule has 0 saturated heterocycles. The zero-order valence-corrected chi connectivity index (χ0v) is 22.0. The largest absolute Gasteiger partial charge is 0.480 e. The Labute approximate surface area is 217 Å². The molecule has 0 aliphatic heterocycles. The van der Waals surface area contributed by atoms with Crippen molar-refractivity contribution >= 4 is 29.4 Å². The third-order valence-corrected chi connectivity index (χ3v) is 10.2. The number of carboxylic acids is 1. The number of nitrogens with one attached hydrogen (secondary N) is 1. The van der Waals surface area contributed by atoms with E-state index in [-0.39, 0.29) is 30.0 Å². The molecule has 4 aliphatic carbocycles. The Kier molecular flexibility index (Phi) is 7.40. The zero-order chi connectivity index (χ0) is 27.2. The highest BCUT2D eigenvalue weighted by Crippen LogP contribution is 2.67. The number of carbonyl (C=O) groups is 5. The molecule has 4 rings (SSSR count). The lowest BCUT2D eigenvalue weighted by Crippen LogP contribution is -2.58. The molecule has 0 aromatic carbocycles. The van der Waals surface area contributed by atoms with E-state index in [0.717, 1.165) is 32.1 Å². The zero-order valence-electron chi connectivity index (χ0n) is 22.0. The van der Waals surface area contributed by atoms with Gasteiger partial charge >= 0.3 is 11.9 Å². The van der Waals surface area contributed by atoms with Crippen molar-refractivity contribution in [2.24, 2.45) is 28.6 Å². The normalized spacial score (nSPS) is 37.4. The maximum absolute atomic E-state index is 13.3. The van der Waals surface area contributed by atoms with Crippen molar-refractivity contribution in [2.75, 3.05) is 6.61 Å². The van der Waals surface area contributed by atoms with Crippen molar-refractivity contribution in [1.82, 2.24) is 5.32 Å². The van der Waals surface area contributed by atoms with Crippen LogP contribution in [0.4, 0.5) is 0 Å². The number of hydrogen-bond acceptors (Lipinski definition) is 7. The number of fused-ring (bicyclic) bond motifs is 5. The van der Waals surface area contributed by atoms with Gasteiger partial charge in [0.15, 0.2) is 12.4 Å². The molecule has 37 heavy (non-hydrogen) atoms. The van der Waals surface area contributed by atoms with E-state index in [1.54, 1.807) is 0 Å². The van der Waals surface area contributed by atoms with Crippen molar-refractivity contribution in [3.8, 4) is 0 Å². The monoisotopic (exact) mass is 517 g/mol. The molecule has 3 N–H and O–H groups in total. The van der Waals surface area contributed by atoms with Crippen molar-refractivity contribution in [2.45, 2.75) is 96.6 Å². The molecule has 0 bridgehead atoms. The number of rotatable bonds is 8. The second-order valence-corrected chi connectivity index (χ2v) is 12.0. The molecule has 0 spiro atoms. The van der Waals surface area contributed by atoms with Gasteiger partial charge in [0.2, 0.25) is 11.7 Å². The molecule has 0 aromatic rings. The van der Waals surface area contributed by atoms with E-state index in [4.69, 9.17) is 9.84 Å². The fraction of sp³-hybridized carbons (Fsp3) is 0.750. The van der Waals surface area contributed by atoms with Crippen molar-refractivity contribution in [3.05, 3.63) is 11.6 Å². The summed E-state index contributed by atoms with van der Waals surface area (Å²) in [5, 5.41) is 22.8. The van der Waals surface area contributed by atoms with E-state index in [0.29, 0.717) is 31.1 Å². The Morgan fingerprint density at radius 3 is 2.46 bits per heavy atom. The van der Waals surface area contributed by atoms with Crippen LogP contribution in [0.5, 0.6) is 0 Å². The number of amides is 1. The first-order valence-corrected chi connectivity index (χ1v) is 13.5. The van der Waals surface area contributed by atoms with E-state index in [2.05, 4.69) is 12.2 Å². The predicted molar refractivity (Wildman–Crippen MR) is 132 cm³/mol. The minimum Gasteiger partial charge on any atom is -0.480 e. The molecule has 0 aromatic heterocycles. The lowest BCUT2D eigenvalue weighted by Gasteiger charge is -2.58. The highest BCUT2D eigenvalue weighted by molar-refractivity contribution is 5.92. The molecule has 0 radical (unpaired) electrons. The van der Waals surface area contributed by atoms with Gasteiger partial charge < -0.3 is 20.3 Å². The minimum absolute atomic E-state index is 0.00690. The van der Waals surface area contributed by atoms with E-state index in [1.807, 2.05) is 13.0 Å². The average Bonchev–Trinajstić information content (AvgIpc) is 3.13. The number of ketones is 2. The number of esters is 1. The third kappa shape index (κ3) is 4.75. The molecule has 9 heteroatoms. The number of allylic oxidation sites excluding steroid dienone is 1. The van der Waals surface area contributed by atoms with Crippen LogP contribution in [0.25, 0.3) is 0 Å². The van der Waals surface area contributed by atoms with Gasteiger partial charge in [0.05, 0.1) is 6.42 Å². The van der Waals surface area contributed by atoms with Crippen molar-refractivity contribution < 1.29 is 38.9 Å². The number of aliphatic hydroxyl groups is 1. The fourth-order valence-electron chi connectivity index (χ4n) is 7.96. The molecular formula is C28H39NO8. The first-order valence-electron chi connectivity index (χ1n) is 13.5. The standard InChI is InChI=1S/C28H39NO8/c1-16(25(34)35)29-23(32)6-7-24(33)37-15-22(31)28(36)13-10-21-19-5-4-17-14-18(30)8-11-26(17,2)20(19)9-12-27(21,28)3/h14,16,19-21,36H,4-13,15H2,1-3H3,(H,29,32)(H,34,35)/t16-,19-,20+,21+,26-,27+,28+/m0/s1. The summed E-state index contributed by atoms with van der Waals surface area (Å²) in [5.41, 5.74) is -0.896. The maximum atomic E-state index is 13.3. The molecule has 9 nitrogen and oxygen atoms in total. The second kappa shape index (κ2) is 9.97. The highest BCUT2D eigenvalue weighted by atomic mass is 16.5. The molecular weight excluding hydrogens is 478 g/mol. The molecule has 0 heterocycles. The Morgan fingerprint density at radius 1 is 1.05 bits per heavy atom. The van der Waals surface area contributed by atoms with Gasteiger partial charge in [-0.1, -0.05) is 19.4 Å². The average molecular weight is 518 g/mol. The van der Waals surface area contributed by atoms with Crippen molar-refractivity contribution in [1.29, 1.82) is 0 Å². The highest BCUT2D eigenvalue weighted by Gasteiger charge is 2.66. The summed E-state index contributed by atoms with van der Waals surface area (Å²) >= 11 is 0. The number of ether oxygens (including phenoxy) is 1. The van der Waals surface area contributed by atoms with Gasteiger partial charge in [0, 0.05) is 18.3 Å². The Hall–Kier alpha value is -2.55. The molecule has 3 fully saturated rings. The van der Waals surface area contributed by atoms with Crippen LogP contribution >= 0.6 is 0 Å². The van der Waals surface area contributed by atoms with Crippen LogP contribution in [0, 0.1) is 28.6 Å². The summed E-state index contributed by atoms with van der Waals surface area (Å²) in [6.45, 7) is 5.07. The topological polar surface area (TPSA) is 147 Å². The van der Waals surface area contributed by atoms with Crippen LogP contribution in [0.1, 0.15) is 85.0 Å². The predicted octanol–water partition coefficient (Wildman–Crippen LogP) is 2.73. The summed E-state index contributed by atoms with van der Waals surface area (Å²) in [6, 6.07) is -1.07. The smallest absolute Gasteiger partial charge is 0.325 e. The molecule has 204 valence electrons. The van der Waals surface area contributed by atoms with Gasteiger partial charge in [0.25, 0.3) is 0 Å². The van der Waals surface area contributed by atoms with Gasteiger partial charge in [-0.2, -0.15) is 0 Å². The van der Waals surface area contributed by atoms with Gasteiger partial charge in [0.1, 0.15) is 11.6 Å². The summed E-state index contributed by atoms with van der Waals surface area (Å²) in [7, 11) is 0. The van der Waals surface area contributed by atoms with E-state index >= 15 is 0 Å². The quantitative estimate of drug-likeness (QED) is 0.417. The van der Waals surface area contributed by atoms with Gasteiger partial charge in [-0.3, -0.25) is 24.0 Å². The van der Waals surface area contributed by atoms with Gasteiger partial charge in [-0.05, 0) is 81.1 Å². The third-order valence-electron chi connectivity index (χ3n) is 10.2. The summed E-state index contributed by atoms with van der Waals surface area (Å²) in [5.74, 6) is -1.80. The van der Waals surface area contributed by atoms with Crippen LogP contribution < -0.4 is 5.32 Å². The lowest BCUT2D eigenvalue weighted by atomic mass is 9.46. The molecule has 3 saturated carbocycles. The molecule has 0 unspecified atom stereocenters. The summed E-state index contributed by atoms with van der Waals surface area (Å²) in [4.78, 5) is 60.1. The summed E-state index contributed by atoms with van der Waals surface area (Å²) in [6.07, 6.45) is 7.29. The van der Waals surface area contributed by atoms with Crippen molar-refractivity contribution in [3.63, 3.8) is 0 Å². The number of Topliss-reactive ketones (excluding diaryl/α,β-unsaturated/α-hetero) is 1. The maximum Gasteiger partial charge on any atom is 0.325 e. The summed E-state index contributed by atoms with van der Waals surface area (Å²) < 4.78 is 5.13. The van der Waals surface area contributed by atoms with Crippen LogP contribution in [0.3, 0.4) is 0 Å². The van der Waals surface area contributed by atoms with E-state index < -0.39 is 47.3 Å². The van der Waals surface area contributed by atoms with Crippen LogP contribution in [-0.2, 0) is 28.7 Å². The molecule has 4 aliphatic rings. The Morgan fingerprint density at radius 2 is 1.76 bits per heavy atom. The molecule has 1 amide bonds. The number of carboxylic acid groups (broad SMARTS) is 1. The van der Waals surface area contributed by atoms with Gasteiger partial charge in [-0.15, -0.1) is 0 Å². The first-order chi connectivity index (χ1) is 17.3. The number of aliphatic carboxylic acids is 1. The second-order valence-electron chi connectivity index (χ2n) is 12.0. The molecule has 7 atom stereocenters. The number of carbonyl (C=O) groups excluding carboxylic acids is 4. The van der Waals surface area contributed by atoms with Gasteiger partial charge in [-0.25, -0.2) is 0 Å². The first kappa shape index (κ1) is 27.5. The lowest BCUT2D eigenvalue weighted by molar-refractivity contribution is -0.170. The minimum atomic E-state index is -1.57. The van der Waals surface area contributed by atoms with E-state index in [1.165, 1.54) is 12.5 Å². The van der Waals surface area contributed by atoms with Crippen LogP contribution in [0.15, 0.2) is 11.6 Å².